The van der Waals surface area contributed by atoms with Gasteiger partial charge in [0, 0.05) is 18.4 Å². The zero-order valence-electron chi connectivity index (χ0n) is 29.0. The second kappa shape index (κ2) is 16.9. The number of hydrogen-bond acceptors (Lipinski definition) is 6. The van der Waals surface area contributed by atoms with Gasteiger partial charge in [-0.25, -0.2) is 13.2 Å². The zero-order valence-corrected chi connectivity index (χ0v) is 29.8. The fraction of sp³-hybridized carbons (Fsp3) is 0.186. The maximum atomic E-state index is 12.0. The van der Waals surface area contributed by atoms with Crippen LogP contribution < -0.4 is 4.74 Å². The van der Waals surface area contributed by atoms with Gasteiger partial charge in [0.25, 0.3) is 0 Å². The van der Waals surface area contributed by atoms with Crippen LogP contribution in [0.15, 0.2) is 144 Å². The molecule has 50 heavy (non-hydrogen) atoms. The van der Waals surface area contributed by atoms with E-state index >= 15 is 0 Å². The number of cyclic esters (lactones) is 1. The Morgan fingerprint density at radius 3 is 1.78 bits per heavy atom. The Bertz CT molecular complexity index is 2040. The minimum atomic E-state index is -3.23. The molecule has 0 fully saturated rings. The lowest BCUT2D eigenvalue weighted by atomic mass is 9.88. The highest BCUT2D eigenvalue weighted by Crippen LogP contribution is 2.35. The number of ether oxygens (including phenoxy) is 2. The van der Waals surface area contributed by atoms with Gasteiger partial charge in [0.05, 0.1) is 10.5 Å². The number of rotatable bonds is 11. The summed E-state index contributed by atoms with van der Waals surface area (Å²) in [4.78, 5) is 14.4. The lowest BCUT2D eigenvalue weighted by Gasteiger charge is -2.17. The van der Waals surface area contributed by atoms with Crippen LogP contribution in [0.5, 0.6) is 5.75 Å². The standard InChI is InChI=1S/C26H29NO.C17H14O4S/c1-4-25(21-11-7-5-8-12-21)26(22-13-9-6-10-14-22)23-15-17-24(18-16-23)28-20-19-27(2)3;1-22(19,20)14-9-7-12(8-10-14)15-11-21-17(18)16(15)13-5-3-2-4-6-13/h5-18H,4,19-20H2,1-3H3;2-10H,11H2,1H3/b26-25-;. The van der Waals surface area contributed by atoms with Crippen molar-refractivity contribution in [1.29, 1.82) is 0 Å². The quantitative estimate of drug-likeness (QED) is 0.103. The number of allylic oxidation sites excluding steroid dienone is 1. The third-order valence-electron chi connectivity index (χ3n) is 8.34. The molecule has 0 saturated heterocycles. The molecule has 0 radical (unpaired) electrons. The van der Waals surface area contributed by atoms with Crippen LogP contribution in [-0.4, -0.2) is 59.4 Å². The molecule has 0 aromatic heterocycles. The smallest absolute Gasteiger partial charge is 0.339 e. The summed E-state index contributed by atoms with van der Waals surface area (Å²) < 4.78 is 34.0. The van der Waals surface area contributed by atoms with Crippen LogP contribution in [0.2, 0.25) is 0 Å². The lowest BCUT2D eigenvalue weighted by Crippen LogP contribution is -2.19. The molecule has 0 bridgehead atoms. The van der Waals surface area contributed by atoms with Crippen LogP contribution in [0.25, 0.3) is 22.3 Å². The highest BCUT2D eigenvalue weighted by Gasteiger charge is 2.27. The largest absolute Gasteiger partial charge is 0.492 e. The summed E-state index contributed by atoms with van der Waals surface area (Å²) in [5.41, 5.74) is 9.27. The fourth-order valence-corrected chi connectivity index (χ4v) is 6.41. The molecular formula is C43H43NO5S. The first-order chi connectivity index (χ1) is 24.2. The second-order valence-corrected chi connectivity index (χ2v) is 14.2. The third kappa shape index (κ3) is 9.26. The summed E-state index contributed by atoms with van der Waals surface area (Å²) in [6.07, 6.45) is 2.13. The average Bonchev–Trinajstić information content (AvgIpc) is 3.53. The molecule has 5 aromatic rings. The van der Waals surface area contributed by atoms with Crippen molar-refractivity contribution in [2.45, 2.75) is 18.2 Å². The van der Waals surface area contributed by atoms with Crippen molar-refractivity contribution in [2.24, 2.45) is 0 Å². The van der Waals surface area contributed by atoms with Crippen LogP contribution in [0.4, 0.5) is 0 Å². The SMILES string of the molecule is CC/C(=C(\c1ccccc1)c1ccc(OCCN(C)C)cc1)c1ccccc1.CS(=O)(=O)c1ccc(C2=C(c3ccccc3)C(=O)OC2)cc1. The van der Waals surface area contributed by atoms with Gasteiger partial charge in [0.15, 0.2) is 9.84 Å². The molecule has 0 N–H and O–H groups in total. The predicted molar refractivity (Wildman–Crippen MR) is 203 cm³/mol. The lowest BCUT2D eigenvalue weighted by molar-refractivity contribution is -0.133. The number of sulfone groups is 1. The molecule has 1 heterocycles. The minimum Gasteiger partial charge on any atom is -0.492 e. The summed E-state index contributed by atoms with van der Waals surface area (Å²) >= 11 is 0. The molecule has 0 aliphatic carbocycles. The van der Waals surface area contributed by atoms with Crippen LogP contribution in [0.3, 0.4) is 0 Å². The van der Waals surface area contributed by atoms with Crippen molar-refractivity contribution >= 4 is 38.1 Å². The van der Waals surface area contributed by atoms with Crippen LogP contribution in [0, 0.1) is 0 Å². The van der Waals surface area contributed by atoms with Crippen molar-refractivity contribution in [3.8, 4) is 5.75 Å². The van der Waals surface area contributed by atoms with E-state index in [0.29, 0.717) is 12.2 Å². The molecule has 0 unspecified atom stereocenters. The molecule has 6 rings (SSSR count). The molecule has 1 aliphatic rings. The van der Waals surface area contributed by atoms with Gasteiger partial charge >= 0.3 is 5.97 Å². The maximum absolute atomic E-state index is 12.0. The third-order valence-corrected chi connectivity index (χ3v) is 9.47. The van der Waals surface area contributed by atoms with E-state index in [9.17, 15) is 13.2 Å². The number of hydrogen-bond donors (Lipinski definition) is 0. The molecule has 1 aliphatic heterocycles. The van der Waals surface area contributed by atoms with Gasteiger partial charge in [0.1, 0.15) is 19.0 Å². The number of nitrogens with zero attached hydrogens (tertiary/aromatic N) is 1. The Balaban J connectivity index is 0.000000200. The van der Waals surface area contributed by atoms with Crippen molar-refractivity contribution in [3.05, 3.63) is 167 Å². The van der Waals surface area contributed by atoms with Crippen LogP contribution in [0.1, 0.15) is 41.2 Å². The molecule has 0 amide bonds. The number of likely N-dealkylation sites (N-methyl/N-ethyl adjacent to an activating group) is 1. The van der Waals surface area contributed by atoms with E-state index in [4.69, 9.17) is 9.47 Å². The van der Waals surface area contributed by atoms with Crippen LogP contribution >= 0.6 is 0 Å². The van der Waals surface area contributed by atoms with Gasteiger partial charge in [-0.05, 0) is 83.7 Å². The Hall–Kier alpha value is -5.24. The van der Waals surface area contributed by atoms with Gasteiger partial charge in [-0.15, -0.1) is 0 Å². The van der Waals surface area contributed by atoms with Crippen molar-refractivity contribution in [1.82, 2.24) is 4.90 Å². The summed E-state index contributed by atoms with van der Waals surface area (Å²) in [6, 6.07) is 45.6. The number of benzene rings is 5. The highest BCUT2D eigenvalue weighted by atomic mass is 32.2. The van der Waals surface area contributed by atoms with E-state index in [-0.39, 0.29) is 17.5 Å². The minimum absolute atomic E-state index is 0.196. The van der Waals surface area contributed by atoms with Gasteiger partial charge in [0.2, 0.25) is 0 Å². The van der Waals surface area contributed by atoms with Gasteiger partial charge in [-0.1, -0.05) is 122 Å². The normalized spacial score (nSPS) is 13.3. The molecule has 5 aromatic carbocycles. The Kier molecular flexibility index (Phi) is 12.2. The van der Waals surface area contributed by atoms with E-state index in [0.717, 1.165) is 35.4 Å². The van der Waals surface area contributed by atoms with Crippen molar-refractivity contribution < 1.29 is 22.7 Å². The van der Waals surface area contributed by atoms with E-state index in [1.165, 1.54) is 34.1 Å². The average molecular weight is 686 g/mol. The van der Waals surface area contributed by atoms with Crippen molar-refractivity contribution in [3.63, 3.8) is 0 Å². The molecule has 6 nitrogen and oxygen atoms in total. The van der Waals surface area contributed by atoms with Crippen molar-refractivity contribution in [2.75, 3.05) is 40.1 Å². The monoisotopic (exact) mass is 685 g/mol. The molecule has 0 saturated carbocycles. The second-order valence-electron chi connectivity index (χ2n) is 12.2. The van der Waals surface area contributed by atoms with E-state index < -0.39 is 9.84 Å². The summed E-state index contributed by atoms with van der Waals surface area (Å²) in [5.74, 6) is 0.559. The Morgan fingerprint density at radius 2 is 1.24 bits per heavy atom. The highest BCUT2D eigenvalue weighted by molar-refractivity contribution is 7.90. The number of carbonyl (C=O) groups is 1. The summed E-state index contributed by atoms with van der Waals surface area (Å²) in [6.45, 7) is 4.02. The summed E-state index contributed by atoms with van der Waals surface area (Å²) in [7, 11) is 0.876. The van der Waals surface area contributed by atoms with Crippen LogP contribution in [-0.2, 0) is 19.4 Å². The van der Waals surface area contributed by atoms with Gasteiger partial charge in [-0.2, -0.15) is 0 Å². The van der Waals surface area contributed by atoms with Gasteiger partial charge < -0.3 is 14.4 Å². The Morgan fingerprint density at radius 1 is 0.700 bits per heavy atom. The maximum Gasteiger partial charge on any atom is 0.339 e. The van der Waals surface area contributed by atoms with E-state index in [1.54, 1.807) is 24.3 Å². The fourth-order valence-electron chi connectivity index (χ4n) is 5.78. The zero-order chi connectivity index (χ0) is 35.5. The molecule has 0 atom stereocenters. The Labute approximate surface area is 296 Å². The molecular weight excluding hydrogens is 643 g/mol. The van der Waals surface area contributed by atoms with Gasteiger partial charge in [-0.3, -0.25) is 0 Å². The number of esters is 1. The first-order valence-electron chi connectivity index (χ1n) is 16.6. The first kappa shape index (κ1) is 36.1. The predicted octanol–water partition coefficient (Wildman–Crippen LogP) is 8.55. The topological polar surface area (TPSA) is 72.9 Å². The van der Waals surface area contributed by atoms with E-state index in [1.807, 2.05) is 30.3 Å². The van der Waals surface area contributed by atoms with E-state index in [2.05, 4.69) is 111 Å². The molecule has 256 valence electrons. The molecule has 7 heteroatoms. The first-order valence-corrected chi connectivity index (χ1v) is 18.5. The molecule has 0 spiro atoms. The summed E-state index contributed by atoms with van der Waals surface area (Å²) in [5, 5.41) is 0. The number of carbonyl (C=O) groups excluding carboxylic acids is 1.